The highest BCUT2D eigenvalue weighted by Gasteiger charge is 2.15. The first-order chi connectivity index (χ1) is 8.67. The molecule has 1 aromatic heterocycles. The van der Waals surface area contributed by atoms with Crippen molar-refractivity contribution in [2.45, 2.75) is 46.6 Å². The first-order valence-corrected chi connectivity index (χ1v) is 6.90. The van der Waals surface area contributed by atoms with Gasteiger partial charge in [0, 0.05) is 5.39 Å². The van der Waals surface area contributed by atoms with E-state index in [4.69, 9.17) is 4.42 Å². The number of benzene rings is 1. The summed E-state index contributed by atoms with van der Waals surface area (Å²) >= 11 is 0. The molecule has 0 aliphatic carbocycles. The molecule has 2 aromatic rings. The zero-order valence-electron chi connectivity index (χ0n) is 11.8. The van der Waals surface area contributed by atoms with Crippen LogP contribution < -0.4 is 5.32 Å². The third-order valence-corrected chi connectivity index (χ3v) is 3.62. The molecule has 0 amide bonds. The lowest BCUT2D eigenvalue weighted by Gasteiger charge is -2.13. The van der Waals surface area contributed by atoms with E-state index in [1.54, 1.807) is 0 Å². The minimum absolute atomic E-state index is 0.331. The van der Waals surface area contributed by atoms with E-state index in [1.165, 1.54) is 16.5 Å². The standard InChI is InChI=1S/C16H23NO/c1-5-9-17-14(6-2)15-10-13-8-7-11(3)12(4)16(13)18-15/h7-8,10,14,17H,5-6,9H2,1-4H3. The Morgan fingerprint density at radius 2 is 2.00 bits per heavy atom. The number of furan rings is 1. The third-order valence-electron chi connectivity index (χ3n) is 3.62. The topological polar surface area (TPSA) is 25.2 Å². The number of rotatable bonds is 5. The third kappa shape index (κ3) is 2.44. The number of hydrogen-bond donors (Lipinski definition) is 1. The second-order valence-corrected chi connectivity index (χ2v) is 4.99. The lowest BCUT2D eigenvalue weighted by atomic mass is 10.1. The molecule has 98 valence electrons. The smallest absolute Gasteiger partial charge is 0.137 e. The van der Waals surface area contributed by atoms with Gasteiger partial charge in [0.1, 0.15) is 11.3 Å². The molecule has 0 saturated carbocycles. The molecule has 1 atom stereocenters. The molecule has 0 aliphatic rings. The van der Waals surface area contributed by atoms with Crippen LogP contribution in [0.5, 0.6) is 0 Å². The molecule has 2 nitrogen and oxygen atoms in total. The van der Waals surface area contributed by atoms with Crippen molar-refractivity contribution in [3.63, 3.8) is 0 Å². The molecule has 1 heterocycles. The molecule has 1 aromatic carbocycles. The van der Waals surface area contributed by atoms with E-state index in [2.05, 4.69) is 51.2 Å². The molecule has 1 N–H and O–H groups in total. The van der Waals surface area contributed by atoms with Crippen LogP contribution in [0.25, 0.3) is 11.0 Å². The van der Waals surface area contributed by atoms with Crippen molar-refractivity contribution >= 4 is 11.0 Å². The summed E-state index contributed by atoms with van der Waals surface area (Å²) in [6.45, 7) is 9.67. The van der Waals surface area contributed by atoms with Gasteiger partial charge in [-0.15, -0.1) is 0 Å². The highest BCUT2D eigenvalue weighted by atomic mass is 16.3. The lowest BCUT2D eigenvalue weighted by Crippen LogP contribution is -2.20. The summed E-state index contributed by atoms with van der Waals surface area (Å²) in [7, 11) is 0. The average molecular weight is 245 g/mol. The first kappa shape index (κ1) is 13.2. The minimum Gasteiger partial charge on any atom is -0.459 e. The summed E-state index contributed by atoms with van der Waals surface area (Å²) in [5.41, 5.74) is 3.59. The Kier molecular flexibility index (Phi) is 4.07. The molecular weight excluding hydrogens is 222 g/mol. The van der Waals surface area contributed by atoms with Gasteiger partial charge in [0.05, 0.1) is 6.04 Å². The molecule has 0 radical (unpaired) electrons. The van der Waals surface area contributed by atoms with E-state index in [9.17, 15) is 0 Å². The molecule has 0 fully saturated rings. The van der Waals surface area contributed by atoms with Crippen molar-refractivity contribution in [2.24, 2.45) is 0 Å². The first-order valence-electron chi connectivity index (χ1n) is 6.90. The molecule has 0 saturated heterocycles. The number of fused-ring (bicyclic) bond motifs is 1. The Hall–Kier alpha value is -1.28. The Bertz CT molecular complexity index is 527. The quantitative estimate of drug-likeness (QED) is 0.839. The zero-order valence-corrected chi connectivity index (χ0v) is 11.8. The molecule has 18 heavy (non-hydrogen) atoms. The monoisotopic (exact) mass is 245 g/mol. The van der Waals surface area contributed by atoms with E-state index in [0.717, 1.165) is 30.7 Å². The van der Waals surface area contributed by atoms with Crippen molar-refractivity contribution in [3.05, 3.63) is 35.1 Å². The van der Waals surface area contributed by atoms with Gasteiger partial charge >= 0.3 is 0 Å². The summed E-state index contributed by atoms with van der Waals surface area (Å²) in [6, 6.07) is 6.82. The van der Waals surface area contributed by atoms with Gasteiger partial charge in [-0.25, -0.2) is 0 Å². The zero-order chi connectivity index (χ0) is 13.1. The van der Waals surface area contributed by atoms with Crippen LogP contribution in [-0.2, 0) is 0 Å². The Labute approximate surface area is 109 Å². The second kappa shape index (κ2) is 5.57. The van der Waals surface area contributed by atoms with Crippen LogP contribution in [-0.4, -0.2) is 6.54 Å². The van der Waals surface area contributed by atoms with Crippen molar-refractivity contribution in [1.82, 2.24) is 5.32 Å². The van der Waals surface area contributed by atoms with E-state index in [0.29, 0.717) is 6.04 Å². The predicted molar refractivity (Wildman–Crippen MR) is 77.0 cm³/mol. The van der Waals surface area contributed by atoms with Crippen LogP contribution in [0.4, 0.5) is 0 Å². The number of nitrogens with one attached hydrogen (secondary N) is 1. The van der Waals surface area contributed by atoms with E-state index in [-0.39, 0.29) is 0 Å². The fourth-order valence-corrected chi connectivity index (χ4v) is 2.30. The Balaban J connectivity index is 2.36. The molecule has 0 bridgehead atoms. The molecule has 1 unspecified atom stereocenters. The van der Waals surface area contributed by atoms with Gasteiger partial charge in [0.15, 0.2) is 0 Å². The maximum absolute atomic E-state index is 6.07. The molecular formula is C16H23NO. The maximum atomic E-state index is 6.07. The van der Waals surface area contributed by atoms with Crippen LogP contribution in [0.2, 0.25) is 0 Å². The van der Waals surface area contributed by atoms with Crippen LogP contribution in [0.1, 0.15) is 49.6 Å². The highest BCUT2D eigenvalue weighted by molar-refractivity contribution is 5.82. The normalized spacial score (nSPS) is 13.1. The van der Waals surface area contributed by atoms with Crippen molar-refractivity contribution in [3.8, 4) is 0 Å². The van der Waals surface area contributed by atoms with Crippen LogP contribution in [0, 0.1) is 13.8 Å². The summed E-state index contributed by atoms with van der Waals surface area (Å²) in [4.78, 5) is 0. The van der Waals surface area contributed by atoms with Gasteiger partial charge < -0.3 is 9.73 Å². The average Bonchev–Trinajstić information content (AvgIpc) is 2.80. The fraction of sp³-hybridized carbons (Fsp3) is 0.500. The van der Waals surface area contributed by atoms with Gasteiger partial charge in [-0.3, -0.25) is 0 Å². The lowest BCUT2D eigenvalue weighted by molar-refractivity contribution is 0.420. The SMILES string of the molecule is CCCNC(CC)c1cc2ccc(C)c(C)c2o1. The molecule has 0 spiro atoms. The van der Waals surface area contributed by atoms with Gasteiger partial charge in [-0.2, -0.15) is 0 Å². The Morgan fingerprint density at radius 3 is 2.67 bits per heavy atom. The van der Waals surface area contributed by atoms with Gasteiger partial charge in [0.25, 0.3) is 0 Å². The van der Waals surface area contributed by atoms with Gasteiger partial charge in [-0.05, 0) is 50.4 Å². The van der Waals surface area contributed by atoms with Crippen LogP contribution >= 0.6 is 0 Å². The molecule has 0 aliphatic heterocycles. The van der Waals surface area contributed by atoms with E-state index < -0.39 is 0 Å². The summed E-state index contributed by atoms with van der Waals surface area (Å²) in [5, 5.41) is 4.75. The summed E-state index contributed by atoms with van der Waals surface area (Å²) in [6.07, 6.45) is 2.20. The Morgan fingerprint density at radius 1 is 1.22 bits per heavy atom. The second-order valence-electron chi connectivity index (χ2n) is 4.99. The fourth-order valence-electron chi connectivity index (χ4n) is 2.30. The number of hydrogen-bond acceptors (Lipinski definition) is 2. The van der Waals surface area contributed by atoms with Crippen LogP contribution in [0.3, 0.4) is 0 Å². The van der Waals surface area contributed by atoms with Crippen molar-refractivity contribution in [1.29, 1.82) is 0 Å². The van der Waals surface area contributed by atoms with Gasteiger partial charge in [-0.1, -0.05) is 26.0 Å². The number of aryl methyl sites for hydroxylation is 2. The van der Waals surface area contributed by atoms with E-state index in [1.807, 2.05) is 0 Å². The van der Waals surface area contributed by atoms with Crippen molar-refractivity contribution in [2.75, 3.05) is 6.54 Å². The maximum Gasteiger partial charge on any atom is 0.137 e. The summed E-state index contributed by atoms with van der Waals surface area (Å²) < 4.78 is 6.07. The molecule has 2 rings (SSSR count). The predicted octanol–water partition coefficient (Wildman–Crippen LogP) is 4.50. The molecule has 2 heteroatoms. The minimum atomic E-state index is 0.331. The highest BCUT2D eigenvalue weighted by Crippen LogP contribution is 2.29. The van der Waals surface area contributed by atoms with E-state index >= 15 is 0 Å². The summed E-state index contributed by atoms with van der Waals surface area (Å²) in [5.74, 6) is 1.06. The van der Waals surface area contributed by atoms with Crippen molar-refractivity contribution < 1.29 is 4.42 Å². The van der Waals surface area contributed by atoms with Crippen LogP contribution in [0.15, 0.2) is 22.6 Å². The van der Waals surface area contributed by atoms with Gasteiger partial charge in [0.2, 0.25) is 0 Å². The largest absolute Gasteiger partial charge is 0.459 e.